The number of fused-ring (bicyclic) bond motifs is 1. The van der Waals surface area contributed by atoms with Gasteiger partial charge in [0.1, 0.15) is 17.3 Å². The van der Waals surface area contributed by atoms with Gasteiger partial charge in [0.05, 0.1) is 5.39 Å². The SMILES string of the molecule is COCc1nc(N(C)CC2CCCN2c2cccnn2)c2c(-c3ccccc3)csc2n1. The standard InChI is InChI=1S/C24H26N6OS/c1-29(14-18-10-7-13-30(18)21-11-6-12-25-28-21)23-22-19(17-8-4-3-5-9-17)16-32-24(22)27-20(26-23)15-31-2/h3-6,8-9,11-12,16,18H,7,10,13-15H2,1-2H3. The van der Waals surface area contributed by atoms with Crippen LogP contribution < -0.4 is 9.80 Å². The minimum Gasteiger partial charge on any atom is -0.377 e. The first-order valence-corrected chi connectivity index (χ1v) is 11.7. The molecule has 4 heterocycles. The van der Waals surface area contributed by atoms with Crippen molar-refractivity contribution in [3.8, 4) is 11.1 Å². The van der Waals surface area contributed by atoms with Gasteiger partial charge in [-0.1, -0.05) is 30.3 Å². The largest absolute Gasteiger partial charge is 0.377 e. The van der Waals surface area contributed by atoms with E-state index >= 15 is 0 Å². The Morgan fingerprint density at radius 3 is 2.81 bits per heavy atom. The van der Waals surface area contributed by atoms with Crippen molar-refractivity contribution in [1.82, 2.24) is 20.2 Å². The molecule has 1 saturated heterocycles. The van der Waals surface area contributed by atoms with E-state index in [4.69, 9.17) is 14.7 Å². The van der Waals surface area contributed by atoms with Gasteiger partial charge in [-0.3, -0.25) is 0 Å². The number of methoxy groups -OCH3 is 1. The Morgan fingerprint density at radius 1 is 1.16 bits per heavy atom. The molecule has 4 aromatic rings. The molecule has 5 rings (SSSR count). The lowest BCUT2D eigenvalue weighted by molar-refractivity contribution is 0.178. The molecule has 0 amide bonds. The first-order chi connectivity index (χ1) is 15.7. The minimum atomic E-state index is 0.353. The Morgan fingerprint density at radius 2 is 2.03 bits per heavy atom. The number of likely N-dealkylation sites (N-methyl/N-ethyl adjacent to an activating group) is 1. The van der Waals surface area contributed by atoms with Crippen LogP contribution in [0.25, 0.3) is 21.3 Å². The summed E-state index contributed by atoms with van der Waals surface area (Å²) in [5.74, 6) is 2.60. The van der Waals surface area contributed by atoms with Crippen molar-refractivity contribution in [2.45, 2.75) is 25.5 Å². The van der Waals surface area contributed by atoms with Gasteiger partial charge in [-0.25, -0.2) is 9.97 Å². The summed E-state index contributed by atoms with van der Waals surface area (Å²) in [5.41, 5.74) is 2.35. The van der Waals surface area contributed by atoms with Crippen LogP contribution in [0.5, 0.6) is 0 Å². The van der Waals surface area contributed by atoms with E-state index in [2.05, 4.69) is 56.7 Å². The quantitative estimate of drug-likeness (QED) is 0.417. The van der Waals surface area contributed by atoms with Gasteiger partial charge in [0, 0.05) is 50.4 Å². The lowest BCUT2D eigenvalue weighted by Gasteiger charge is -2.30. The molecule has 1 fully saturated rings. The van der Waals surface area contributed by atoms with Crippen LogP contribution in [0.15, 0.2) is 54.0 Å². The number of hydrogen-bond acceptors (Lipinski definition) is 8. The maximum Gasteiger partial charge on any atom is 0.158 e. The minimum absolute atomic E-state index is 0.353. The molecule has 164 valence electrons. The van der Waals surface area contributed by atoms with E-state index in [-0.39, 0.29) is 0 Å². The first-order valence-electron chi connectivity index (χ1n) is 10.8. The van der Waals surface area contributed by atoms with Crippen molar-refractivity contribution in [2.24, 2.45) is 0 Å². The molecule has 1 unspecified atom stereocenters. The van der Waals surface area contributed by atoms with Gasteiger partial charge >= 0.3 is 0 Å². The fourth-order valence-electron chi connectivity index (χ4n) is 4.44. The fraction of sp³-hybridized carbons (Fsp3) is 0.333. The molecule has 0 spiro atoms. The van der Waals surface area contributed by atoms with Gasteiger partial charge in [-0.15, -0.1) is 16.4 Å². The van der Waals surface area contributed by atoms with Crippen molar-refractivity contribution in [2.75, 3.05) is 37.0 Å². The molecular weight excluding hydrogens is 420 g/mol. The van der Waals surface area contributed by atoms with Crippen LogP contribution in [0, 0.1) is 0 Å². The van der Waals surface area contributed by atoms with E-state index in [1.165, 1.54) is 11.1 Å². The maximum atomic E-state index is 5.35. The van der Waals surface area contributed by atoms with E-state index in [9.17, 15) is 0 Å². The molecular formula is C24H26N6OS. The average Bonchev–Trinajstić information content (AvgIpc) is 3.47. The summed E-state index contributed by atoms with van der Waals surface area (Å²) in [4.78, 5) is 15.3. The van der Waals surface area contributed by atoms with Gasteiger partial charge < -0.3 is 14.5 Å². The molecule has 0 aliphatic carbocycles. The monoisotopic (exact) mass is 446 g/mol. The summed E-state index contributed by atoms with van der Waals surface area (Å²) in [6.07, 6.45) is 3.99. The van der Waals surface area contributed by atoms with E-state index in [1.807, 2.05) is 18.2 Å². The van der Waals surface area contributed by atoms with E-state index in [0.717, 1.165) is 47.8 Å². The second kappa shape index (κ2) is 9.18. The van der Waals surface area contributed by atoms with Crippen LogP contribution in [0.3, 0.4) is 0 Å². The Bertz CT molecular complexity index is 1180. The molecule has 0 radical (unpaired) electrons. The molecule has 1 aromatic carbocycles. The van der Waals surface area contributed by atoms with Gasteiger partial charge in [0.15, 0.2) is 11.6 Å². The van der Waals surface area contributed by atoms with Gasteiger partial charge in [-0.05, 0) is 30.5 Å². The zero-order valence-electron chi connectivity index (χ0n) is 18.3. The summed E-state index contributed by atoms with van der Waals surface area (Å²) in [6.45, 7) is 2.24. The van der Waals surface area contributed by atoms with Crippen molar-refractivity contribution in [1.29, 1.82) is 0 Å². The molecule has 7 nitrogen and oxygen atoms in total. The highest BCUT2D eigenvalue weighted by molar-refractivity contribution is 7.17. The number of nitrogens with zero attached hydrogens (tertiary/aromatic N) is 6. The second-order valence-corrected chi connectivity index (χ2v) is 8.90. The highest BCUT2D eigenvalue weighted by Crippen LogP contribution is 2.38. The topological polar surface area (TPSA) is 67.3 Å². The normalized spacial score (nSPS) is 16.1. The van der Waals surface area contributed by atoms with Crippen LogP contribution in [0.4, 0.5) is 11.6 Å². The third-order valence-electron chi connectivity index (χ3n) is 5.89. The van der Waals surface area contributed by atoms with Gasteiger partial charge in [-0.2, -0.15) is 5.10 Å². The van der Waals surface area contributed by atoms with Gasteiger partial charge in [0.2, 0.25) is 0 Å². The number of rotatable bonds is 7. The van der Waals surface area contributed by atoms with Gasteiger partial charge in [0.25, 0.3) is 0 Å². The summed E-state index contributed by atoms with van der Waals surface area (Å²) in [7, 11) is 3.80. The molecule has 0 N–H and O–H groups in total. The smallest absolute Gasteiger partial charge is 0.158 e. The van der Waals surface area contributed by atoms with E-state index < -0.39 is 0 Å². The fourth-order valence-corrected chi connectivity index (χ4v) is 5.40. The summed E-state index contributed by atoms with van der Waals surface area (Å²) in [5, 5.41) is 11.7. The molecule has 1 aliphatic heterocycles. The molecule has 32 heavy (non-hydrogen) atoms. The Balaban J connectivity index is 1.52. The van der Waals surface area contributed by atoms with E-state index in [0.29, 0.717) is 18.5 Å². The van der Waals surface area contributed by atoms with E-state index in [1.54, 1.807) is 24.6 Å². The number of hydrogen-bond donors (Lipinski definition) is 0. The highest BCUT2D eigenvalue weighted by atomic mass is 32.1. The second-order valence-electron chi connectivity index (χ2n) is 8.04. The average molecular weight is 447 g/mol. The van der Waals surface area contributed by atoms with Crippen LogP contribution in [-0.2, 0) is 11.3 Å². The highest BCUT2D eigenvalue weighted by Gasteiger charge is 2.28. The molecule has 0 saturated carbocycles. The predicted octanol–water partition coefficient (Wildman–Crippen LogP) is 4.40. The van der Waals surface area contributed by atoms with Crippen LogP contribution >= 0.6 is 11.3 Å². The number of ether oxygens (including phenoxy) is 1. The lowest BCUT2D eigenvalue weighted by Crippen LogP contribution is -2.39. The number of benzene rings is 1. The summed E-state index contributed by atoms with van der Waals surface area (Å²) < 4.78 is 5.35. The summed E-state index contributed by atoms with van der Waals surface area (Å²) in [6, 6.07) is 14.8. The van der Waals surface area contributed by atoms with Crippen molar-refractivity contribution in [3.63, 3.8) is 0 Å². The summed E-state index contributed by atoms with van der Waals surface area (Å²) >= 11 is 1.66. The van der Waals surface area contributed by atoms with Crippen LogP contribution in [0.2, 0.25) is 0 Å². The molecule has 1 atom stereocenters. The first kappa shape index (κ1) is 20.8. The Hall–Kier alpha value is -3.10. The molecule has 8 heteroatoms. The number of thiophene rings is 1. The zero-order chi connectivity index (χ0) is 21.9. The Labute approximate surface area is 191 Å². The Kier molecular flexibility index (Phi) is 5.96. The molecule has 3 aromatic heterocycles. The number of anilines is 2. The predicted molar refractivity (Wildman–Crippen MR) is 129 cm³/mol. The zero-order valence-corrected chi connectivity index (χ0v) is 19.1. The molecule has 0 bridgehead atoms. The number of aromatic nitrogens is 4. The molecule has 1 aliphatic rings. The van der Waals surface area contributed by atoms with Crippen molar-refractivity contribution in [3.05, 3.63) is 59.9 Å². The van der Waals surface area contributed by atoms with Crippen molar-refractivity contribution < 1.29 is 4.74 Å². The lowest BCUT2D eigenvalue weighted by atomic mass is 10.1. The van der Waals surface area contributed by atoms with Crippen molar-refractivity contribution >= 4 is 33.2 Å². The third-order valence-corrected chi connectivity index (χ3v) is 6.77. The third kappa shape index (κ3) is 4.03. The van der Waals surface area contributed by atoms with Crippen LogP contribution in [-0.4, -0.2) is 53.5 Å². The van der Waals surface area contributed by atoms with Crippen LogP contribution in [0.1, 0.15) is 18.7 Å². The maximum absolute atomic E-state index is 5.35.